The van der Waals surface area contributed by atoms with Crippen molar-refractivity contribution < 1.29 is 33.3 Å². The van der Waals surface area contributed by atoms with Gasteiger partial charge < -0.3 is 18.9 Å². The van der Waals surface area contributed by atoms with Gasteiger partial charge in [0.15, 0.2) is 0 Å². The van der Waals surface area contributed by atoms with Crippen LogP contribution in [0.2, 0.25) is 0 Å². The number of benzene rings is 3. The molecular weight excluding hydrogens is 414 g/mol. The highest BCUT2D eigenvalue weighted by atomic mass is 16.7. The fraction of sp³-hybridized carbons (Fsp3) is 0.125. The first-order valence-corrected chi connectivity index (χ1v) is 9.64. The molecule has 3 aromatic carbocycles. The number of rotatable bonds is 7. The summed E-state index contributed by atoms with van der Waals surface area (Å²) >= 11 is 0. The monoisotopic (exact) mass is 435 g/mol. The van der Waals surface area contributed by atoms with Crippen molar-refractivity contribution in [2.24, 2.45) is 0 Å². The lowest BCUT2D eigenvalue weighted by molar-refractivity contribution is 0.0593. The van der Waals surface area contributed by atoms with Crippen LogP contribution in [0.4, 0.5) is 15.3 Å². The number of amides is 1. The summed E-state index contributed by atoms with van der Waals surface area (Å²) in [5.41, 5.74) is 1.81. The zero-order valence-electron chi connectivity index (χ0n) is 17.3. The van der Waals surface area contributed by atoms with Crippen LogP contribution < -0.4 is 10.1 Å². The zero-order chi connectivity index (χ0) is 22.8. The Morgan fingerprint density at radius 1 is 0.781 bits per heavy atom. The molecule has 1 amide bonds. The molecule has 0 heterocycles. The number of carbonyl (C=O) groups is 3. The predicted molar refractivity (Wildman–Crippen MR) is 115 cm³/mol. The Balaban J connectivity index is 1.62. The maximum atomic E-state index is 12.1. The second-order valence-corrected chi connectivity index (χ2v) is 6.52. The maximum absolute atomic E-state index is 12.1. The zero-order valence-corrected chi connectivity index (χ0v) is 17.3. The van der Waals surface area contributed by atoms with Gasteiger partial charge in [-0.2, -0.15) is 0 Å². The fourth-order valence-electron chi connectivity index (χ4n) is 2.68. The van der Waals surface area contributed by atoms with E-state index >= 15 is 0 Å². The third kappa shape index (κ3) is 6.60. The summed E-state index contributed by atoms with van der Waals surface area (Å²) in [6.07, 6.45) is -1.69. The molecule has 0 atom stereocenters. The molecule has 8 heteroatoms. The second-order valence-electron chi connectivity index (χ2n) is 6.52. The average molecular weight is 435 g/mol. The van der Waals surface area contributed by atoms with E-state index in [2.05, 4.69) is 5.32 Å². The Morgan fingerprint density at radius 2 is 1.38 bits per heavy atom. The largest absolute Gasteiger partial charge is 0.514 e. The molecule has 0 aromatic heterocycles. The van der Waals surface area contributed by atoms with Gasteiger partial charge in [0.1, 0.15) is 24.5 Å². The van der Waals surface area contributed by atoms with Crippen molar-refractivity contribution in [1.29, 1.82) is 0 Å². The predicted octanol–water partition coefficient (Wildman–Crippen LogP) is 4.94. The molecule has 0 bridgehead atoms. The van der Waals surface area contributed by atoms with E-state index in [9.17, 15) is 14.4 Å². The SMILES string of the molecule is COC(=O)c1cc(NC(=O)OCc2ccccc2)ccc1OC(=O)OCc1ccccc1. The smallest absolute Gasteiger partial charge is 0.465 e. The summed E-state index contributed by atoms with van der Waals surface area (Å²) in [6, 6.07) is 22.4. The van der Waals surface area contributed by atoms with Gasteiger partial charge in [-0.1, -0.05) is 60.7 Å². The summed E-state index contributed by atoms with van der Waals surface area (Å²) < 4.78 is 20.1. The van der Waals surface area contributed by atoms with E-state index in [1.54, 1.807) is 12.1 Å². The van der Waals surface area contributed by atoms with Gasteiger partial charge in [-0.3, -0.25) is 5.32 Å². The van der Waals surface area contributed by atoms with E-state index in [0.29, 0.717) is 0 Å². The second kappa shape index (κ2) is 11.2. The first-order valence-electron chi connectivity index (χ1n) is 9.64. The quantitative estimate of drug-likeness (QED) is 0.319. The van der Waals surface area contributed by atoms with Gasteiger partial charge in [0.25, 0.3) is 0 Å². The molecule has 0 radical (unpaired) electrons. The van der Waals surface area contributed by atoms with Gasteiger partial charge in [-0.05, 0) is 29.3 Å². The molecule has 3 aromatic rings. The molecule has 0 aliphatic carbocycles. The molecule has 0 saturated heterocycles. The molecule has 1 N–H and O–H groups in total. The lowest BCUT2D eigenvalue weighted by atomic mass is 10.2. The van der Waals surface area contributed by atoms with E-state index in [0.717, 1.165) is 11.1 Å². The van der Waals surface area contributed by atoms with Crippen LogP contribution in [0.15, 0.2) is 78.9 Å². The minimum Gasteiger partial charge on any atom is -0.465 e. The minimum atomic E-state index is -0.984. The van der Waals surface area contributed by atoms with Crippen LogP contribution >= 0.6 is 0 Å². The number of nitrogens with one attached hydrogen (secondary N) is 1. The van der Waals surface area contributed by atoms with Gasteiger partial charge in [0, 0.05) is 5.69 Å². The van der Waals surface area contributed by atoms with E-state index in [1.807, 2.05) is 48.5 Å². The lowest BCUT2D eigenvalue weighted by Gasteiger charge is -2.12. The van der Waals surface area contributed by atoms with Crippen LogP contribution in [-0.4, -0.2) is 25.3 Å². The van der Waals surface area contributed by atoms with Crippen molar-refractivity contribution in [1.82, 2.24) is 0 Å². The normalized spacial score (nSPS) is 10.0. The summed E-state index contributed by atoms with van der Waals surface area (Å²) in [5.74, 6) is -0.824. The number of ether oxygens (including phenoxy) is 4. The molecule has 3 rings (SSSR count). The highest BCUT2D eigenvalue weighted by Gasteiger charge is 2.18. The van der Waals surface area contributed by atoms with Crippen molar-refractivity contribution in [3.05, 3.63) is 95.6 Å². The lowest BCUT2D eigenvalue weighted by Crippen LogP contribution is -2.16. The third-order valence-corrected chi connectivity index (χ3v) is 4.24. The van der Waals surface area contributed by atoms with Gasteiger partial charge in [-0.15, -0.1) is 0 Å². The fourth-order valence-corrected chi connectivity index (χ4v) is 2.68. The highest BCUT2D eigenvalue weighted by Crippen LogP contribution is 2.25. The van der Waals surface area contributed by atoms with Crippen LogP contribution in [0.25, 0.3) is 0 Å². The van der Waals surface area contributed by atoms with Crippen molar-refractivity contribution >= 4 is 23.9 Å². The van der Waals surface area contributed by atoms with Gasteiger partial charge in [0.05, 0.1) is 7.11 Å². The van der Waals surface area contributed by atoms with Crippen LogP contribution in [0.5, 0.6) is 5.75 Å². The molecule has 8 nitrogen and oxygen atoms in total. The summed E-state index contributed by atoms with van der Waals surface area (Å²) in [6.45, 7) is 0.102. The van der Waals surface area contributed by atoms with Crippen LogP contribution in [0.1, 0.15) is 21.5 Å². The first kappa shape index (κ1) is 22.4. The number of esters is 1. The van der Waals surface area contributed by atoms with Crippen LogP contribution in [0.3, 0.4) is 0 Å². The number of methoxy groups -OCH3 is 1. The Kier molecular flexibility index (Phi) is 7.80. The number of anilines is 1. The Bertz CT molecular complexity index is 1070. The summed E-state index contributed by atoms with van der Waals surface area (Å²) in [5, 5.41) is 2.52. The molecule has 32 heavy (non-hydrogen) atoms. The van der Waals surface area contributed by atoms with Gasteiger partial charge in [0.2, 0.25) is 0 Å². The molecular formula is C24H21NO7. The van der Waals surface area contributed by atoms with Crippen molar-refractivity contribution in [2.75, 3.05) is 12.4 Å². The Hall–Kier alpha value is -4.33. The van der Waals surface area contributed by atoms with E-state index < -0.39 is 18.2 Å². The molecule has 0 saturated carbocycles. The van der Waals surface area contributed by atoms with Crippen molar-refractivity contribution in [2.45, 2.75) is 13.2 Å². The first-order chi connectivity index (χ1) is 15.5. The topological polar surface area (TPSA) is 100 Å². The van der Waals surface area contributed by atoms with Crippen molar-refractivity contribution in [3.8, 4) is 5.75 Å². The van der Waals surface area contributed by atoms with E-state index in [4.69, 9.17) is 18.9 Å². The summed E-state index contributed by atoms with van der Waals surface area (Å²) in [4.78, 5) is 36.3. The van der Waals surface area contributed by atoms with E-state index in [-0.39, 0.29) is 30.2 Å². The van der Waals surface area contributed by atoms with E-state index in [1.165, 1.54) is 25.3 Å². The molecule has 164 valence electrons. The third-order valence-electron chi connectivity index (χ3n) is 4.24. The van der Waals surface area contributed by atoms with Crippen LogP contribution in [-0.2, 0) is 27.4 Å². The number of hydrogen-bond acceptors (Lipinski definition) is 7. The van der Waals surface area contributed by atoms with Gasteiger partial charge in [-0.25, -0.2) is 14.4 Å². The molecule has 0 fully saturated rings. The molecule has 0 unspecified atom stereocenters. The Morgan fingerprint density at radius 3 is 1.97 bits per heavy atom. The maximum Gasteiger partial charge on any atom is 0.514 e. The standard InChI is InChI=1S/C24H21NO7/c1-29-22(26)20-14-19(25-23(27)30-15-17-8-4-2-5-9-17)12-13-21(20)32-24(28)31-16-18-10-6-3-7-11-18/h2-14H,15-16H2,1H3,(H,25,27). The Labute approximate surface area is 184 Å². The molecule has 0 aliphatic heterocycles. The number of hydrogen-bond donors (Lipinski definition) is 1. The molecule has 0 spiro atoms. The van der Waals surface area contributed by atoms with Gasteiger partial charge >= 0.3 is 18.2 Å². The summed E-state index contributed by atoms with van der Waals surface area (Å²) in [7, 11) is 1.19. The average Bonchev–Trinajstić information content (AvgIpc) is 2.83. The molecule has 0 aliphatic rings. The van der Waals surface area contributed by atoms with Crippen molar-refractivity contribution in [3.63, 3.8) is 0 Å². The minimum absolute atomic E-state index is 0.0140. The number of carbonyl (C=O) groups excluding carboxylic acids is 3. The highest BCUT2D eigenvalue weighted by molar-refractivity contribution is 5.95. The van der Waals surface area contributed by atoms with Crippen LogP contribution in [0, 0.1) is 0 Å².